The van der Waals surface area contributed by atoms with E-state index in [0.29, 0.717) is 34.5 Å². The lowest BCUT2D eigenvalue weighted by Crippen LogP contribution is -2.15. The van der Waals surface area contributed by atoms with Gasteiger partial charge >= 0.3 is 0 Å². The monoisotopic (exact) mass is 466 g/mol. The first-order valence-corrected chi connectivity index (χ1v) is 12.2. The first-order chi connectivity index (χ1) is 15.6. The number of hydrogen-bond acceptors (Lipinski definition) is 5. The van der Waals surface area contributed by atoms with Gasteiger partial charge in [-0.15, -0.1) is 0 Å². The molecule has 8 nitrogen and oxygen atoms in total. The number of anilines is 2. The molecule has 1 aliphatic rings. The van der Waals surface area contributed by atoms with Crippen LogP contribution in [0.1, 0.15) is 46.9 Å². The summed E-state index contributed by atoms with van der Waals surface area (Å²) < 4.78 is 30.5. The van der Waals surface area contributed by atoms with Crippen LogP contribution in [0.15, 0.2) is 41.3 Å². The molecule has 0 fully saturated rings. The predicted octanol–water partition coefficient (Wildman–Crippen LogP) is 4.21. The Balaban J connectivity index is 1.83. The minimum atomic E-state index is -3.89. The van der Waals surface area contributed by atoms with E-state index in [-0.39, 0.29) is 35.4 Å². The van der Waals surface area contributed by atoms with Crippen LogP contribution in [0.3, 0.4) is 0 Å². The Bertz CT molecular complexity index is 1370. The number of benzene rings is 2. The van der Waals surface area contributed by atoms with E-state index >= 15 is 0 Å². The SMILES string of the molecule is CCc1nn2c(c1-c1ccc(C)c(S(=O)(=O)Nc3cc(C)cc(C)c3)c1)NC(=O)CCC2=O. The molecule has 0 unspecified atom stereocenters. The maximum absolute atomic E-state index is 13.3. The van der Waals surface area contributed by atoms with Gasteiger partial charge in [0.05, 0.1) is 10.6 Å². The summed E-state index contributed by atoms with van der Waals surface area (Å²) in [5, 5.41) is 7.19. The molecule has 0 radical (unpaired) electrons. The minimum Gasteiger partial charge on any atom is -0.310 e. The highest BCUT2D eigenvalue weighted by Crippen LogP contribution is 2.36. The van der Waals surface area contributed by atoms with Crippen LogP contribution in [0.4, 0.5) is 11.5 Å². The number of amides is 1. The Hall–Kier alpha value is -3.46. The predicted molar refractivity (Wildman–Crippen MR) is 127 cm³/mol. The van der Waals surface area contributed by atoms with E-state index in [0.717, 1.165) is 11.1 Å². The van der Waals surface area contributed by atoms with Gasteiger partial charge in [-0.3, -0.25) is 14.3 Å². The van der Waals surface area contributed by atoms with E-state index in [1.54, 1.807) is 37.3 Å². The van der Waals surface area contributed by atoms with E-state index < -0.39 is 10.0 Å². The lowest BCUT2D eigenvalue weighted by atomic mass is 10.0. The van der Waals surface area contributed by atoms with Gasteiger partial charge in [0, 0.05) is 24.1 Å². The second-order valence-electron chi connectivity index (χ2n) is 8.34. The highest BCUT2D eigenvalue weighted by Gasteiger charge is 2.28. The van der Waals surface area contributed by atoms with Crippen molar-refractivity contribution >= 4 is 33.3 Å². The van der Waals surface area contributed by atoms with Crippen LogP contribution >= 0.6 is 0 Å². The lowest BCUT2D eigenvalue weighted by molar-refractivity contribution is -0.116. The van der Waals surface area contributed by atoms with Gasteiger partial charge in [0.25, 0.3) is 10.0 Å². The standard InChI is InChI=1S/C24H26N4O4S/c1-5-19-23(24-25-21(29)8-9-22(30)28(24)26-19)17-7-6-16(4)20(13-17)33(31,32)27-18-11-14(2)10-15(3)12-18/h6-7,10-13,27H,5,8-9H2,1-4H3,(H,25,29). The summed E-state index contributed by atoms with van der Waals surface area (Å²) in [4.78, 5) is 24.8. The van der Waals surface area contributed by atoms with E-state index in [9.17, 15) is 18.0 Å². The number of fused-ring (bicyclic) bond motifs is 1. The quantitative estimate of drug-likeness (QED) is 0.585. The number of nitrogens with zero attached hydrogens (tertiary/aromatic N) is 2. The molecule has 1 aromatic heterocycles. The molecule has 0 spiro atoms. The second-order valence-corrected chi connectivity index (χ2v) is 9.99. The van der Waals surface area contributed by atoms with Crippen LogP contribution in [0.5, 0.6) is 0 Å². The summed E-state index contributed by atoms with van der Waals surface area (Å²) in [7, 11) is -3.89. The van der Waals surface area contributed by atoms with Gasteiger partial charge in [-0.05, 0) is 67.6 Å². The van der Waals surface area contributed by atoms with Crippen molar-refractivity contribution in [1.82, 2.24) is 9.78 Å². The maximum atomic E-state index is 13.3. The van der Waals surface area contributed by atoms with E-state index in [4.69, 9.17) is 0 Å². The lowest BCUT2D eigenvalue weighted by Gasteiger charge is -2.14. The number of carbonyl (C=O) groups is 2. The smallest absolute Gasteiger partial charge is 0.262 e. The van der Waals surface area contributed by atoms with Crippen LogP contribution in [0, 0.1) is 20.8 Å². The Morgan fingerprint density at radius 3 is 2.39 bits per heavy atom. The molecule has 172 valence electrons. The second kappa shape index (κ2) is 8.47. The van der Waals surface area contributed by atoms with Gasteiger partial charge in [0.1, 0.15) is 5.82 Å². The van der Waals surface area contributed by atoms with Crippen LogP contribution in [-0.2, 0) is 21.2 Å². The number of aryl methyl sites for hydroxylation is 4. The molecule has 0 saturated heterocycles. The Labute approximate surface area is 193 Å². The summed E-state index contributed by atoms with van der Waals surface area (Å²) in [5.41, 5.74) is 4.70. The number of rotatable bonds is 5. The largest absolute Gasteiger partial charge is 0.310 e. The summed E-state index contributed by atoms with van der Waals surface area (Å²) >= 11 is 0. The molecule has 1 amide bonds. The van der Waals surface area contributed by atoms with Crippen molar-refractivity contribution in [1.29, 1.82) is 0 Å². The molecule has 0 saturated carbocycles. The van der Waals surface area contributed by atoms with Crippen LogP contribution in [0.25, 0.3) is 11.1 Å². The van der Waals surface area contributed by atoms with Gasteiger partial charge in [0.2, 0.25) is 11.8 Å². The van der Waals surface area contributed by atoms with Gasteiger partial charge in [0.15, 0.2) is 0 Å². The molecule has 1 aliphatic heterocycles. The Kier molecular flexibility index (Phi) is 5.84. The van der Waals surface area contributed by atoms with Crippen molar-refractivity contribution < 1.29 is 18.0 Å². The molecule has 0 atom stereocenters. The highest BCUT2D eigenvalue weighted by atomic mass is 32.2. The van der Waals surface area contributed by atoms with Crippen molar-refractivity contribution in [2.24, 2.45) is 0 Å². The molecular formula is C24H26N4O4S. The third kappa shape index (κ3) is 4.41. The van der Waals surface area contributed by atoms with E-state index in [1.165, 1.54) is 4.68 Å². The number of nitrogens with one attached hydrogen (secondary N) is 2. The van der Waals surface area contributed by atoms with Crippen molar-refractivity contribution in [2.75, 3.05) is 10.0 Å². The minimum absolute atomic E-state index is 0.0659. The third-order valence-corrected chi connectivity index (χ3v) is 7.12. The van der Waals surface area contributed by atoms with Gasteiger partial charge in [-0.25, -0.2) is 8.42 Å². The topological polar surface area (TPSA) is 110 Å². The molecule has 0 aliphatic carbocycles. The maximum Gasteiger partial charge on any atom is 0.262 e. The first-order valence-electron chi connectivity index (χ1n) is 10.8. The first kappa shape index (κ1) is 22.7. The van der Waals surface area contributed by atoms with Gasteiger partial charge in [-0.2, -0.15) is 9.78 Å². The van der Waals surface area contributed by atoms with Crippen LogP contribution in [-0.4, -0.2) is 30.0 Å². The average molecular weight is 467 g/mol. The summed E-state index contributed by atoms with van der Waals surface area (Å²) in [6, 6.07) is 10.6. The summed E-state index contributed by atoms with van der Waals surface area (Å²) in [5.74, 6) is -0.267. The molecule has 4 rings (SSSR count). The van der Waals surface area contributed by atoms with E-state index in [1.807, 2.05) is 26.8 Å². The van der Waals surface area contributed by atoms with Gasteiger partial charge in [-0.1, -0.05) is 25.1 Å². The zero-order valence-corrected chi connectivity index (χ0v) is 19.8. The molecule has 33 heavy (non-hydrogen) atoms. The highest BCUT2D eigenvalue weighted by molar-refractivity contribution is 7.92. The normalized spacial score (nSPS) is 13.9. The fraction of sp³-hybridized carbons (Fsp3) is 0.292. The molecule has 2 aromatic carbocycles. The number of hydrogen-bond donors (Lipinski definition) is 2. The molecule has 0 bridgehead atoms. The fourth-order valence-corrected chi connectivity index (χ4v) is 5.43. The fourth-order valence-electron chi connectivity index (χ4n) is 4.12. The molecule has 2 heterocycles. The molecular weight excluding hydrogens is 440 g/mol. The number of carbonyl (C=O) groups excluding carboxylic acids is 2. The van der Waals surface area contributed by atoms with E-state index in [2.05, 4.69) is 15.1 Å². The van der Waals surface area contributed by atoms with Crippen molar-refractivity contribution in [3.63, 3.8) is 0 Å². The Morgan fingerprint density at radius 1 is 1.03 bits per heavy atom. The number of aromatic nitrogens is 2. The van der Waals surface area contributed by atoms with Crippen LogP contribution in [0.2, 0.25) is 0 Å². The average Bonchev–Trinajstić information content (AvgIpc) is 3.02. The van der Waals surface area contributed by atoms with Crippen molar-refractivity contribution in [3.8, 4) is 11.1 Å². The summed E-state index contributed by atoms with van der Waals surface area (Å²) in [6.07, 6.45) is 0.655. The van der Waals surface area contributed by atoms with Crippen molar-refractivity contribution in [3.05, 3.63) is 58.8 Å². The molecule has 9 heteroatoms. The summed E-state index contributed by atoms with van der Waals surface area (Å²) in [6.45, 7) is 7.44. The molecule has 3 aromatic rings. The van der Waals surface area contributed by atoms with Crippen LogP contribution < -0.4 is 10.0 Å². The zero-order chi connectivity index (χ0) is 23.9. The number of sulfonamides is 1. The zero-order valence-electron chi connectivity index (χ0n) is 19.0. The molecule has 2 N–H and O–H groups in total. The Morgan fingerprint density at radius 2 is 1.73 bits per heavy atom. The van der Waals surface area contributed by atoms with Gasteiger partial charge < -0.3 is 5.32 Å². The van der Waals surface area contributed by atoms with Crippen molar-refractivity contribution in [2.45, 2.75) is 51.9 Å². The third-order valence-electron chi connectivity index (χ3n) is 5.59.